The SMILES string of the molecule is COC(=O)c1ccc(-c2nn(C(=O)c3c(C)cccc3Cl)c3cc(B4OC(C)(C)C(C)(C)O4)ccc23)c(F)c1. The van der Waals surface area contributed by atoms with Crippen LogP contribution in [0.1, 0.15) is 54.0 Å². The Kier molecular flexibility index (Phi) is 6.65. The van der Waals surface area contributed by atoms with Gasteiger partial charge < -0.3 is 14.0 Å². The van der Waals surface area contributed by atoms with Crippen LogP contribution in [0, 0.1) is 12.7 Å². The van der Waals surface area contributed by atoms with Crippen LogP contribution < -0.4 is 5.46 Å². The number of rotatable bonds is 4. The van der Waals surface area contributed by atoms with Gasteiger partial charge in [0.1, 0.15) is 11.5 Å². The van der Waals surface area contributed by atoms with E-state index in [-0.39, 0.29) is 27.4 Å². The fraction of sp³-hybridized carbons (Fsp3) is 0.276. The summed E-state index contributed by atoms with van der Waals surface area (Å²) in [5, 5.41) is 5.37. The van der Waals surface area contributed by atoms with Crippen molar-refractivity contribution in [2.45, 2.75) is 45.8 Å². The van der Waals surface area contributed by atoms with Crippen molar-refractivity contribution in [1.82, 2.24) is 9.78 Å². The van der Waals surface area contributed by atoms with Crippen LogP contribution in [0.2, 0.25) is 5.02 Å². The Hall–Kier alpha value is -3.53. The molecule has 0 unspecified atom stereocenters. The van der Waals surface area contributed by atoms with Gasteiger partial charge >= 0.3 is 13.1 Å². The van der Waals surface area contributed by atoms with Gasteiger partial charge in [-0.15, -0.1) is 0 Å². The number of nitrogens with zero attached hydrogens (tertiary/aromatic N) is 2. The molecule has 0 atom stereocenters. The van der Waals surface area contributed by atoms with Crippen LogP contribution >= 0.6 is 11.6 Å². The fourth-order valence-corrected chi connectivity index (χ4v) is 4.87. The van der Waals surface area contributed by atoms with Gasteiger partial charge in [-0.2, -0.15) is 9.78 Å². The van der Waals surface area contributed by atoms with Crippen molar-refractivity contribution < 1.29 is 28.0 Å². The van der Waals surface area contributed by atoms with E-state index in [0.717, 1.165) is 6.07 Å². The average molecular weight is 549 g/mol. The van der Waals surface area contributed by atoms with Gasteiger partial charge in [0.2, 0.25) is 0 Å². The van der Waals surface area contributed by atoms with Crippen LogP contribution in [0.5, 0.6) is 0 Å². The summed E-state index contributed by atoms with van der Waals surface area (Å²) in [5.74, 6) is -1.81. The number of methoxy groups -OCH3 is 1. The normalized spacial score (nSPS) is 16.1. The van der Waals surface area contributed by atoms with Gasteiger partial charge in [-0.3, -0.25) is 4.79 Å². The number of aryl methyl sites for hydroxylation is 1. The van der Waals surface area contributed by atoms with Crippen molar-refractivity contribution >= 4 is 47.0 Å². The monoisotopic (exact) mass is 548 g/mol. The molecule has 200 valence electrons. The van der Waals surface area contributed by atoms with Crippen molar-refractivity contribution in [3.05, 3.63) is 82.1 Å². The summed E-state index contributed by atoms with van der Waals surface area (Å²) in [6.07, 6.45) is 0. The number of halogens is 2. The zero-order valence-electron chi connectivity index (χ0n) is 22.5. The summed E-state index contributed by atoms with van der Waals surface area (Å²) in [4.78, 5) is 25.8. The Morgan fingerprint density at radius 3 is 2.33 bits per heavy atom. The second-order valence-corrected chi connectivity index (χ2v) is 11.0. The summed E-state index contributed by atoms with van der Waals surface area (Å²) in [7, 11) is 0.544. The molecule has 1 aliphatic heterocycles. The third-order valence-corrected chi connectivity index (χ3v) is 7.82. The number of ether oxygens (including phenoxy) is 1. The minimum Gasteiger partial charge on any atom is -0.465 e. The number of aromatic nitrogens is 2. The predicted molar refractivity (Wildman–Crippen MR) is 148 cm³/mol. The number of fused-ring (bicyclic) bond motifs is 1. The lowest BCUT2D eigenvalue weighted by molar-refractivity contribution is 0.00578. The molecule has 10 heteroatoms. The highest BCUT2D eigenvalue weighted by Gasteiger charge is 2.51. The maximum Gasteiger partial charge on any atom is 0.494 e. The molecule has 7 nitrogen and oxygen atoms in total. The number of hydrogen-bond donors (Lipinski definition) is 0. The van der Waals surface area contributed by atoms with Crippen LogP contribution in [0.3, 0.4) is 0 Å². The topological polar surface area (TPSA) is 79.7 Å². The van der Waals surface area contributed by atoms with Crippen molar-refractivity contribution in [2.75, 3.05) is 7.11 Å². The Morgan fingerprint density at radius 1 is 1.03 bits per heavy atom. The van der Waals surface area contributed by atoms with Crippen molar-refractivity contribution in [3.63, 3.8) is 0 Å². The van der Waals surface area contributed by atoms with E-state index in [1.54, 1.807) is 37.3 Å². The third kappa shape index (κ3) is 4.54. The summed E-state index contributed by atoms with van der Waals surface area (Å²) in [6.45, 7) is 9.61. The smallest absolute Gasteiger partial charge is 0.465 e. The van der Waals surface area contributed by atoms with Crippen LogP contribution in [0.25, 0.3) is 22.2 Å². The van der Waals surface area contributed by atoms with E-state index in [4.69, 9.17) is 25.6 Å². The largest absolute Gasteiger partial charge is 0.494 e. The van der Waals surface area contributed by atoms with E-state index in [0.29, 0.717) is 21.9 Å². The van der Waals surface area contributed by atoms with Crippen molar-refractivity contribution in [1.29, 1.82) is 0 Å². The molecule has 0 saturated carbocycles. The van der Waals surface area contributed by atoms with E-state index >= 15 is 4.39 Å². The van der Waals surface area contributed by atoms with Crippen LogP contribution in [-0.2, 0) is 14.0 Å². The highest BCUT2D eigenvalue weighted by molar-refractivity contribution is 6.62. The van der Waals surface area contributed by atoms with Crippen LogP contribution in [0.4, 0.5) is 4.39 Å². The molecular weight excluding hydrogens is 522 g/mol. The molecule has 1 aromatic heterocycles. The van der Waals surface area contributed by atoms with Crippen LogP contribution in [-0.4, -0.2) is 47.1 Å². The Bertz CT molecular complexity index is 1610. The third-order valence-electron chi connectivity index (χ3n) is 7.50. The number of carbonyl (C=O) groups is 2. The van der Waals surface area contributed by atoms with Crippen molar-refractivity contribution in [3.8, 4) is 11.3 Å². The highest BCUT2D eigenvalue weighted by Crippen LogP contribution is 2.37. The molecule has 0 N–H and O–H groups in total. The summed E-state index contributed by atoms with van der Waals surface area (Å²) < 4.78 is 33.7. The van der Waals surface area contributed by atoms with Gasteiger partial charge in [0.15, 0.2) is 0 Å². The lowest BCUT2D eigenvalue weighted by Crippen LogP contribution is -2.41. The van der Waals surface area contributed by atoms with Gasteiger partial charge in [-0.25, -0.2) is 9.18 Å². The molecule has 1 saturated heterocycles. The molecule has 0 aliphatic carbocycles. The van der Waals surface area contributed by atoms with Crippen molar-refractivity contribution in [2.24, 2.45) is 0 Å². The molecule has 0 amide bonds. The molecule has 3 aromatic carbocycles. The Labute approximate surface area is 231 Å². The maximum atomic E-state index is 15.3. The average Bonchev–Trinajstić information content (AvgIpc) is 3.36. The lowest BCUT2D eigenvalue weighted by atomic mass is 9.78. The van der Waals surface area contributed by atoms with Gasteiger partial charge in [0.05, 0.1) is 40.0 Å². The first-order chi connectivity index (χ1) is 18.3. The van der Waals surface area contributed by atoms with Gasteiger partial charge in [0.25, 0.3) is 5.91 Å². The van der Waals surface area contributed by atoms with E-state index in [1.165, 1.54) is 23.9 Å². The number of carbonyl (C=O) groups excluding carboxylic acids is 2. The van der Waals surface area contributed by atoms with Crippen LogP contribution in [0.15, 0.2) is 54.6 Å². The predicted octanol–water partition coefficient (Wildman–Crippen LogP) is 5.58. The molecule has 5 rings (SSSR count). The van der Waals surface area contributed by atoms with E-state index in [1.807, 2.05) is 33.8 Å². The number of esters is 1. The first-order valence-corrected chi connectivity index (χ1v) is 12.8. The molecule has 4 aromatic rings. The summed E-state index contributed by atoms with van der Waals surface area (Å²) in [5.41, 5.74) is 1.37. The molecule has 0 radical (unpaired) electrons. The Balaban J connectivity index is 1.70. The first kappa shape index (κ1) is 27.1. The standard InChI is InChI=1S/C29H27BClFN2O5/c1-16-8-7-9-21(31)24(16)26(35)34-23-15-18(30-38-28(2,3)29(4,5)39-30)11-13-20(23)25(33-34)19-12-10-17(14-22(19)32)27(36)37-6/h7-15H,1-6H3. The second-order valence-electron chi connectivity index (χ2n) is 10.5. The molecular formula is C29H27BClFN2O5. The van der Waals surface area contributed by atoms with E-state index in [9.17, 15) is 9.59 Å². The van der Waals surface area contributed by atoms with E-state index < -0.39 is 36.0 Å². The summed E-state index contributed by atoms with van der Waals surface area (Å²) in [6, 6.07) is 14.5. The fourth-order valence-electron chi connectivity index (χ4n) is 4.57. The molecule has 0 bridgehead atoms. The van der Waals surface area contributed by atoms with Gasteiger partial charge in [0, 0.05) is 10.9 Å². The highest BCUT2D eigenvalue weighted by atomic mass is 35.5. The molecule has 1 fully saturated rings. The molecule has 2 heterocycles. The first-order valence-electron chi connectivity index (χ1n) is 12.4. The minimum absolute atomic E-state index is 0.0632. The zero-order valence-corrected chi connectivity index (χ0v) is 23.2. The number of hydrogen-bond acceptors (Lipinski definition) is 6. The molecule has 0 spiro atoms. The maximum absolute atomic E-state index is 15.3. The minimum atomic E-state index is -0.681. The van der Waals surface area contributed by atoms with Gasteiger partial charge in [-0.05, 0) is 76.0 Å². The molecule has 39 heavy (non-hydrogen) atoms. The quantitative estimate of drug-likeness (QED) is 0.245. The number of benzene rings is 3. The van der Waals surface area contributed by atoms with E-state index in [2.05, 4.69) is 5.10 Å². The Morgan fingerprint density at radius 2 is 1.72 bits per heavy atom. The van der Waals surface area contributed by atoms with Gasteiger partial charge in [-0.1, -0.05) is 35.9 Å². The zero-order chi connectivity index (χ0) is 28.3. The lowest BCUT2D eigenvalue weighted by Gasteiger charge is -2.32. The second kappa shape index (κ2) is 9.59. The molecule has 1 aliphatic rings. The summed E-state index contributed by atoms with van der Waals surface area (Å²) >= 11 is 6.43.